The number of fused-ring (bicyclic) bond motifs is 1. The lowest BCUT2D eigenvalue weighted by Crippen LogP contribution is -2.34. The van der Waals surface area contributed by atoms with Crippen molar-refractivity contribution in [3.8, 4) is 5.75 Å². The molecule has 0 saturated heterocycles. The first kappa shape index (κ1) is 11.5. The number of hydrogen-bond donors (Lipinski definition) is 1. The predicted molar refractivity (Wildman–Crippen MR) is 70.6 cm³/mol. The fourth-order valence-electron chi connectivity index (χ4n) is 2.55. The number of rotatable bonds is 2. The summed E-state index contributed by atoms with van der Waals surface area (Å²) in [5.74, 6) is 0.777. The van der Waals surface area contributed by atoms with Gasteiger partial charge in [-0.15, -0.1) is 0 Å². The van der Waals surface area contributed by atoms with E-state index in [1.54, 1.807) is 6.20 Å². The number of ether oxygens (including phenoxy) is 1. The van der Waals surface area contributed by atoms with Gasteiger partial charge < -0.3 is 9.84 Å². The second kappa shape index (κ2) is 4.94. The number of hydrogen-bond acceptors (Lipinski definition) is 3. The van der Waals surface area contributed by atoms with Gasteiger partial charge in [0, 0.05) is 11.6 Å². The minimum atomic E-state index is -0.349. The molecule has 0 aliphatic heterocycles. The summed E-state index contributed by atoms with van der Waals surface area (Å²) in [5, 5.41) is 11.0. The van der Waals surface area contributed by atoms with Gasteiger partial charge in [0.05, 0.1) is 6.10 Å². The van der Waals surface area contributed by atoms with Crippen LogP contribution >= 0.6 is 0 Å². The molecule has 1 heterocycles. The molecule has 1 aliphatic carbocycles. The van der Waals surface area contributed by atoms with E-state index < -0.39 is 0 Å². The maximum absolute atomic E-state index is 9.96. The van der Waals surface area contributed by atoms with Crippen molar-refractivity contribution < 1.29 is 9.84 Å². The van der Waals surface area contributed by atoms with E-state index in [-0.39, 0.29) is 12.2 Å². The second-order valence-corrected chi connectivity index (χ2v) is 4.84. The molecule has 0 spiro atoms. The van der Waals surface area contributed by atoms with Crippen molar-refractivity contribution >= 4 is 10.9 Å². The van der Waals surface area contributed by atoms with Crippen molar-refractivity contribution in [3.63, 3.8) is 0 Å². The van der Waals surface area contributed by atoms with Crippen LogP contribution in [0.5, 0.6) is 5.75 Å². The molecule has 1 aromatic heterocycles. The molecule has 1 aliphatic rings. The van der Waals surface area contributed by atoms with Crippen molar-refractivity contribution in [1.82, 2.24) is 4.98 Å². The Morgan fingerprint density at radius 3 is 2.83 bits per heavy atom. The molecule has 1 saturated carbocycles. The van der Waals surface area contributed by atoms with E-state index in [4.69, 9.17) is 4.74 Å². The molecular weight excluding hydrogens is 226 g/mol. The average molecular weight is 243 g/mol. The zero-order chi connectivity index (χ0) is 12.4. The highest BCUT2D eigenvalue weighted by atomic mass is 16.5. The Balaban J connectivity index is 1.90. The minimum Gasteiger partial charge on any atom is -0.485 e. The van der Waals surface area contributed by atoms with Crippen molar-refractivity contribution in [2.75, 3.05) is 0 Å². The fourth-order valence-corrected chi connectivity index (χ4v) is 2.55. The van der Waals surface area contributed by atoms with Crippen molar-refractivity contribution in [1.29, 1.82) is 0 Å². The van der Waals surface area contributed by atoms with Crippen LogP contribution in [0.4, 0.5) is 0 Å². The Morgan fingerprint density at radius 1 is 1.11 bits per heavy atom. The van der Waals surface area contributed by atoms with Crippen LogP contribution in [-0.4, -0.2) is 22.3 Å². The normalized spacial score (nSPS) is 24.1. The molecule has 0 bridgehead atoms. The molecule has 1 N–H and O–H groups in total. The standard InChI is InChI=1S/C15H17NO2/c17-12-7-1-2-8-13(12)18-14-9-3-5-11-6-4-10-16-15(11)14/h3-6,9-10,12-13,17H,1-2,7-8H2/t12-,13-/m1/s1. The van der Waals surface area contributed by atoms with Gasteiger partial charge in [0.1, 0.15) is 17.4 Å². The molecule has 0 amide bonds. The largest absolute Gasteiger partial charge is 0.485 e. The Bertz CT molecular complexity index is 536. The topological polar surface area (TPSA) is 42.4 Å². The van der Waals surface area contributed by atoms with Crippen LogP contribution in [0.2, 0.25) is 0 Å². The molecule has 0 radical (unpaired) electrons. The summed E-state index contributed by atoms with van der Waals surface area (Å²) in [5.41, 5.74) is 0.873. The van der Waals surface area contributed by atoms with Gasteiger partial charge in [-0.2, -0.15) is 0 Å². The molecular formula is C15H17NO2. The molecule has 94 valence electrons. The number of aliphatic hydroxyl groups is 1. The van der Waals surface area contributed by atoms with E-state index in [0.717, 1.165) is 42.3 Å². The number of aliphatic hydroxyl groups excluding tert-OH is 1. The monoisotopic (exact) mass is 243 g/mol. The lowest BCUT2D eigenvalue weighted by atomic mass is 9.95. The maximum atomic E-state index is 9.96. The molecule has 0 unspecified atom stereocenters. The van der Waals surface area contributed by atoms with Gasteiger partial charge in [-0.3, -0.25) is 4.98 Å². The van der Waals surface area contributed by atoms with E-state index in [0.29, 0.717) is 0 Å². The lowest BCUT2D eigenvalue weighted by molar-refractivity contribution is 0.00759. The Labute approximate surface area is 106 Å². The summed E-state index contributed by atoms with van der Waals surface area (Å²) < 4.78 is 5.97. The number of benzene rings is 1. The van der Waals surface area contributed by atoms with Gasteiger partial charge >= 0.3 is 0 Å². The van der Waals surface area contributed by atoms with Crippen LogP contribution in [-0.2, 0) is 0 Å². The second-order valence-electron chi connectivity index (χ2n) is 4.84. The van der Waals surface area contributed by atoms with Gasteiger partial charge in [0.2, 0.25) is 0 Å². The lowest BCUT2D eigenvalue weighted by Gasteiger charge is -2.28. The maximum Gasteiger partial charge on any atom is 0.146 e. The molecule has 2 atom stereocenters. The summed E-state index contributed by atoms with van der Waals surface area (Å²) in [6, 6.07) is 9.85. The highest BCUT2D eigenvalue weighted by molar-refractivity contribution is 5.84. The Morgan fingerprint density at radius 2 is 1.94 bits per heavy atom. The van der Waals surface area contributed by atoms with Crippen LogP contribution in [0.3, 0.4) is 0 Å². The summed E-state index contributed by atoms with van der Waals surface area (Å²) in [6.07, 6.45) is 5.30. The molecule has 18 heavy (non-hydrogen) atoms. The first-order valence-electron chi connectivity index (χ1n) is 6.53. The number of pyridine rings is 1. The highest BCUT2D eigenvalue weighted by Crippen LogP contribution is 2.28. The van der Waals surface area contributed by atoms with E-state index >= 15 is 0 Å². The summed E-state index contributed by atoms with van der Waals surface area (Å²) in [4.78, 5) is 4.37. The van der Waals surface area contributed by atoms with Crippen LogP contribution in [0.15, 0.2) is 36.5 Å². The molecule has 3 nitrogen and oxygen atoms in total. The Hall–Kier alpha value is -1.61. The van der Waals surface area contributed by atoms with Crippen molar-refractivity contribution in [3.05, 3.63) is 36.5 Å². The third-order valence-corrected chi connectivity index (χ3v) is 3.54. The number of para-hydroxylation sites is 1. The quantitative estimate of drug-likeness (QED) is 0.881. The minimum absolute atomic E-state index is 0.0913. The first-order chi connectivity index (χ1) is 8.84. The van der Waals surface area contributed by atoms with Gasteiger partial charge in [0.25, 0.3) is 0 Å². The molecule has 1 aromatic carbocycles. The van der Waals surface area contributed by atoms with Crippen LogP contribution in [0, 0.1) is 0 Å². The SMILES string of the molecule is O[C@@H]1CCCC[C@H]1Oc1cccc2cccnc12. The molecule has 3 heteroatoms. The third kappa shape index (κ3) is 2.18. The zero-order valence-electron chi connectivity index (χ0n) is 10.2. The molecule has 3 rings (SSSR count). The molecule has 1 fully saturated rings. The van der Waals surface area contributed by atoms with Gasteiger partial charge in [-0.25, -0.2) is 0 Å². The van der Waals surface area contributed by atoms with E-state index in [1.165, 1.54) is 0 Å². The average Bonchev–Trinajstić information content (AvgIpc) is 2.42. The van der Waals surface area contributed by atoms with E-state index in [1.807, 2.05) is 30.3 Å². The van der Waals surface area contributed by atoms with Gasteiger partial charge in [-0.05, 0) is 31.4 Å². The third-order valence-electron chi connectivity index (χ3n) is 3.54. The Kier molecular flexibility index (Phi) is 3.15. The first-order valence-corrected chi connectivity index (χ1v) is 6.53. The van der Waals surface area contributed by atoms with Crippen molar-refractivity contribution in [2.45, 2.75) is 37.9 Å². The van der Waals surface area contributed by atoms with Gasteiger partial charge in [-0.1, -0.05) is 24.6 Å². The van der Waals surface area contributed by atoms with Crippen molar-refractivity contribution in [2.24, 2.45) is 0 Å². The smallest absolute Gasteiger partial charge is 0.146 e. The highest BCUT2D eigenvalue weighted by Gasteiger charge is 2.25. The predicted octanol–water partition coefficient (Wildman–Crippen LogP) is 2.92. The van der Waals surface area contributed by atoms with E-state index in [2.05, 4.69) is 4.98 Å². The summed E-state index contributed by atoms with van der Waals surface area (Å²) >= 11 is 0. The summed E-state index contributed by atoms with van der Waals surface area (Å²) in [6.45, 7) is 0. The zero-order valence-corrected chi connectivity index (χ0v) is 10.2. The fraction of sp³-hybridized carbons (Fsp3) is 0.400. The van der Waals surface area contributed by atoms with E-state index in [9.17, 15) is 5.11 Å². The number of nitrogens with zero attached hydrogens (tertiary/aromatic N) is 1. The summed E-state index contributed by atoms with van der Waals surface area (Å²) in [7, 11) is 0. The molecule has 2 aromatic rings. The van der Waals surface area contributed by atoms with Crippen LogP contribution in [0.25, 0.3) is 10.9 Å². The van der Waals surface area contributed by atoms with Gasteiger partial charge in [0.15, 0.2) is 0 Å². The number of aromatic nitrogens is 1. The van der Waals surface area contributed by atoms with Crippen LogP contribution < -0.4 is 4.74 Å². The van der Waals surface area contributed by atoms with Crippen LogP contribution in [0.1, 0.15) is 25.7 Å².